The van der Waals surface area contributed by atoms with E-state index in [1.807, 2.05) is 13.8 Å². The second-order valence-corrected chi connectivity index (χ2v) is 7.65. The third-order valence-corrected chi connectivity index (χ3v) is 5.51. The van der Waals surface area contributed by atoms with Gasteiger partial charge in [0.2, 0.25) is 0 Å². The van der Waals surface area contributed by atoms with Gasteiger partial charge in [0.05, 0.1) is 12.1 Å². The van der Waals surface area contributed by atoms with Gasteiger partial charge in [-0.05, 0) is 63.9 Å². The molecule has 0 aliphatic heterocycles. The molecule has 0 atom stereocenters. The van der Waals surface area contributed by atoms with E-state index in [0.717, 1.165) is 49.9 Å². The molecule has 0 N–H and O–H groups in total. The van der Waals surface area contributed by atoms with Crippen LogP contribution < -0.4 is 0 Å². The first-order chi connectivity index (χ1) is 13.9. The van der Waals surface area contributed by atoms with Crippen molar-refractivity contribution in [2.24, 2.45) is 0 Å². The Morgan fingerprint density at radius 3 is 2.59 bits per heavy atom. The van der Waals surface area contributed by atoms with Gasteiger partial charge in [0.1, 0.15) is 6.54 Å². The lowest BCUT2D eigenvalue weighted by atomic mass is 9.96. The van der Waals surface area contributed by atoms with E-state index >= 15 is 0 Å². The van der Waals surface area contributed by atoms with E-state index in [1.54, 1.807) is 0 Å². The van der Waals surface area contributed by atoms with Crippen molar-refractivity contribution in [2.75, 3.05) is 6.61 Å². The van der Waals surface area contributed by atoms with Crippen molar-refractivity contribution < 1.29 is 9.53 Å². The highest BCUT2D eigenvalue weighted by Crippen LogP contribution is 2.39. The van der Waals surface area contributed by atoms with Crippen LogP contribution in [0.15, 0.2) is 42.5 Å². The van der Waals surface area contributed by atoms with Crippen LogP contribution in [0.5, 0.6) is 0 Å². The lowest BCUT2D eigenvalue weighted by molar-refractivity contribution is -0.143. The molecule has 4 heteroatoms. The molecule has 0 aliphatic carbocycles. The summed E-state index contributed by atoms with van der Waals surface area (Å²) in [7, 11) is 0. The summed E-state index contributed by atoms with van der Waals surface area (Å²) in [5.74, 6) is -0.216. The van der Waals surface area contributed by atoms with Crippen LogP contribution in [0.1, 0.15) is 29.4 Å². The highest BCUT2D eigenvalue weighted by Gasteiger charge is 2.20. The number of aryl methyl sites for hydroxylation is 3. The first-order valence-electron chi connectivity index (χ1n) is 10.0. The fourth-order valence-electron chi connectivity index (χ4n) is 4.20. The van der Waals surface area contributed by atoms with Crippen molar-refractivity contribution in [1.29, 1.82) is 0 Å². The van der Waals surface area contributed by atoms with E-state index in [1.165, 1.54) is 5.56 Å². The van der Waals surface area contributed by atoms with Gasteiger partial charge >= 0.3 is 5.97 Å². The Bertz CT molecular complexity index is 1250. The lowest BCUT2D eigenvalue weighted by Gasteiger charge is -2.12. The van der Waals surface area contributed by atoms with Crippen molar-refractivity contribution in [2.45, 2.75) is 41.2 Å². The van der Waals surface area contributed by atoms with Crippen LogP contribution >= 0.6 is 0 Å². The van der Waals surface area contributed by atoms with Gasteiger partial charge in [0.15, 0.2) is 0 Å². The van der Waals surface area contributed by atoms with Crippen LogP contribution in [0, 0.1) is 27.7 Å². The number of aromatic nitrogens is 2. The molecule has 2 aromatic carbocycles. The van der Waals surface area contributed by atoms with Crippen LogP contribution in [0.25, 0.3) is 32.9 Å². The quantitative estimate of drug-likeness (QED) is 0.426. The number of rotatable bonds is 4. The maximum atomic E-state index is 12.3. The van der Waals surface area contributed by atoms with Gasteiger partial charge < -0.3 is 9.30 Å². The first kappa shape index (κ1) is 19.2. The topological polar surface area (TPSA) is 44.1 Å². The fraction of sp³-hybridized carbons (Fsp3) is 0.280. The Labute approximate surface area is 171 Å². The predicted molar refractivity (Wildman–Crippen MR) is 118 cm³/mol. The van der Waals surface area contributed by atoms with Gasteiger partial charge in [-0.25, -0.2) is 0 Å². The van der Waals surface area contributed by atoms with Gasteiger partial charge in [-0.2, -0.15) is 0 Å². The number of benzene rings is 2. The molecule has 4 rings (SSSR count). The maximum absolute atomic E-state index is 12.3. The molecule has 0 amide bonds. The van der Waals surface area contributed by atoms with E-state index in [4.69, 9.17) is 9.72 Å². The summed E-state index contributed by atoms with van der Waals surface area (Å²) < 4.78 is 7.29. The highest BCUT2D eigenvalue weighted by atomic mass is 16.5. The largest absolute Gasteiger partial charge is 0.465 e. The Morgan fingerprint density at radius 2 is 1.83 bits per heavy atom. The number of esters is 1. The van der Waals surface area contributed by atoms with Gasteiger partial charge in [-0.1, -0.05) is 29.8 Å². The van der Waals surface area contributed by atoms with E-state index in [0.29, 0.717) is 6.61 Å². The average Bonchev–Trinajstić information content (AvgIpc) is 2.93. The minimum atomic E-state index is -0.216. The molecule has 0 spiro atoms. The molecule has 0 aliphatic rings. The fourth-order valence-corrected chi connectivity index (χ4v) is 4.20. The minimum Gasteiger partial charge on any atom is -0.465 e. The van der Waals surface area contributed by atoms with Crippen molar-refractivity contribution in [3.8, 4) is 11.1 Å². The van der Waals surface area contributed by atoms with Gasteiger partial charge in [0.25, 0.3) is 0 Å². The molecule has 0 unspecified atom stereocenters. The molecule has 2 aromatic heterocycles. The van der Waals surface area contributed by atoms with E-state index < -0.39 is 0 Å². The maximum Gasteiger partial charge on any atom is 0.325 e. The summed E-state index contributed by atoms with van der Waals surface area (Å²) in [5.41, 5.74) is 8.80. The Morgan fingerprint density at radius 1 is 1.03 bits per heavy atom. The number of fused-ring (bicyclic) bond motifs is 2. The number of nitrogens with zero attached hydrogens (tertiary/aromatic N) is 2. The summed E-state index contributed by atoms with van der Waals surface area (Å²) in [6.45, 7) is 10.7. The third kappa shape index (κ3) is 3.29. The zero-order valence-electron chi connectivity index (χ0n) is 17.7. The van der Waals surface area contributed by atoms with Crippen molar-refractivity contribution in [3.05, 3.63) is 65.0 Å². The number of hydrogen-bond donors (Lipinski definition) is 0. The molecule has 29 heavy (non-hydrogen) atoms. The molecule has 0 saturated heterocycles. The summed E-state index contributed by atoms with van der Waals surface area (Å²) in [6, 6.07) is 14.9. The zero-order chi connectivity index (χ0) is 20.7. The predicted octanol–water partition coefficient (Wildman–Crippen LogP) is 5.65. The molecule has 2 heterocycles. The number of carbonyl (C=O) groups excluding carboxylic acids is 1. The molecule has 148 valence electrons. The summed E-state index contributed by atoms with van der Waals surface area (Å²) >= 11 is 0. The van der Waals surface area contributed by atoms with E-state index in [9.17, 15) is 4.79 Å². The van der Waals surface area contributed by atoms with Gasteiger partial charge in [-0.3, -0.25) is 9.78 Å². The first-order valence-corrected chi connectivity index (χ1v) is 10.0. The van der Waals surface area contributed by atoms with Crippen molar-refractivity contribution >= 4 is 27.8 Å². The number of hydrogen-bond acceptors (Lipinski definition) is 3. The van der Waals surface area contributed by atoms with E-state index in [2.05, 4.69) is 67.8 Å². The smallest absolute Gasteiger partial charge is 0.325 e. The Hall–Kier alpha value is -3.14. The van der Waals surface area contributed by atoms with Crippen molar-refractivity contribution in [3.63, 3.8) is 0 Å². The van der Waals surface area contributed by atoms with E-state index in [-0.39, 0.29) is 12.5 Å². The SMILES string of the molecule is CCOC(=O)Cn1c(C)c(-c2cc(C)nc3c(C)cccc23)c2cc(C)ccc21. The molecule has 0 radical (unpaired) electrons. The minimum absolute atomic E-state index is 0.209. The highest BCUT2D eigenvalue weighted by molar-refractivity contribution is 6.06. The van der Waals surface area contributed by atoms with Gasteiger partial charge in [0, 0.05) is 33.2 Å². The lowest BCUT2D eigenvalue weighted by Crippen LogP contribution is -2.14. The summed E-state index contributed by atoms with van der Waals surface area (Å²) in [4.78, 5) is 17.1. The van der Waals surface area contributed by atoms with Crippen LogP contribution in [0.4, 0.5) is 0 Å². The molecular formula is C25H26N2O2. The summed E-state index contributed by atoms with van der Waals surface area (Å²) in [6.07, 6.45) is 0. The number of para-hydroxylation sites is 1. The van der Waals surface area contributed by atoms with Crippen molar-refractivity contribution in [1.82, 2.24) is 9.55 Å². The molecular weight excluding hydrogens is 360 g/mol. The molecule has 0 bridgehead atoms. The molecule has 4 nitrogen and oxygen atoms in total. The molecule has 0 fully saturated rings. The van der Waals surface area contributed by atoms with Crippen LogP contribution in [0.3, 0.4) is 0 Å². The van der Waals surface area contributed by atoms with Crippen LogP contribution in [0.2, 0.25) is 0 Å². The zero-order valence-corrected chi connectivity index (χ0v) is 17.7. The standard InChI is InChI=1S/C25H26N2O2/c1-6-29-23(28)14-27-18(5)24(21-12-15(2)10-11-22(21)27)20-13-17(4)26-25-16(3)8-7-9-19(20)25/h7-13H,6,14H2,1-5H3. The van der Waals surface area contributed by atoms with Gasteiger partial charge in [-0.15, -0.1) is 0 Å². The molecule has 0 saturated carbocycles. The molecule has 4 aromatic rings. The number of ether oxygens (including phenoxy) is 1. The third-order valence-electron chi connectivity index (χ3n) is 5.51. The second-order valence-electron chi connectivity index (χ2n) is 7.65. The average molecular weight is 386 g/mol. The second kappa shape index (κ2) is 7.36. The van der Waals surface area contributed by atoms with Crippen LogP contribution in [-0.4, -0.2) is 22.1 Å². The summed E-state index contributed by atoms with van der Waals surface area (Å²) in [5, 5.41) is 2.29. The Balaban J connectivity index is 2.06. The number of carbonyl (C=O) groups is 1. The monoisotopic (exact) mass is 386 g/mol. The van der Waals surface area contributed by atoms with Crippen LogP contribution in [-0.2, 0) is 16.1 Å². The Kier molecular flexibility index (Phi) is 4.87. The number of pyridine rings is 1. The normalized spacial score (nSPS) is 11.3.